The van der Waals surface area contributed by atoms with Crippen molar-refractivity contribution in [3.63, 3.8) is 0 Å². The number of carbonyl (C=O) groups excluding carboxylic acids is 2. The third-order valence-corrected chi connectivity index (χ3v) is 4.48. The Morgan fingerprint density at radius 1 is 1.27 bits per heavy atom. The van der Waals surface area contributed by atoms with Crippen LogP contribution in [-0.2, 0) is 22.7 Å². The van der Waals surface area contributed by atoms with Crippen molar-refractivity contribution >= 4 is 11.8 Å². The minimum atomic E-state index is -0.0488. The van der Waals surface area contributed by atoms with Crippen LogP contribution in [0.15, 0.2) is 24.3 Å². The lowest BCUT2D eigenvalue weighted by Gasteiger charge is -2.19. The molecule has 3 rings (SSSR count). The first-order valence-corrected chi connectivity index (χ1v) is 8.10. The van der Waals surface area contributed by atoms with E-state index in [4.69, 9.17) is 0 Å². The largest absolute Gasteiger partial charge is 0.351 e. The van der Waals surface area contributed by atoms with E-state index >= 15 is 0 Å². The molecule has 1 unspecified atom stereocenters. The van der Waals surface area contributed by atoms with Crippen LogP contribution in [0.4, 0.5) is 0 Å². The second-order valence-electron chi connectivity index (χ2n) is 6.05. The second kappa shape index (κ2) is 6.92. The highest BCUT2D eigenvalue weighted by molar-refractivity contribution is 5.82. The summed E-state index contributed by atoms with van der Waals surface area (Å²) >= 11 is 0. The van der Waals surface area contributed by atoms with Gasteiger partial charge in [0.2, 0.25) is 11.8 Å². The molecule has 1 aromatic rings. The topological polar surface area (TPSA) is 61.4 Å². The minimum absolute atomic E-state index is 0.0488. The van der Waals surface area contributed by atoms with Crippen LogP contribution < -0.4 is 10.6 Å². The highest BCUT2D eigenvalue weighted by Gasteiger charge is 2.23. The van der Waals surface area contributed by atoms with Gasteiger partial charge in [-0.3, -0.25) is 9.59 Å². The van der Waals surface area contributed by atoms with E-state index in [1.807, 2.05) is 29.2 Å². The van der Waals surface area contributed by atoms with Crippen molar-refractivity contribution in [1.29, 1.82) is 0 Å². The second-order valence-corrected chi connectivity index (χ2v) is 6.05. The van der Waals surface area contributed by atoms with E-state index in [0.29, 0.717) is 19.5 Å². The van der Waals surface area contributed by atoms with E-state index in [1.54, 1.807) is 0 Å². The summed E-state index contributed by atoms with van der Waals surface area (Å²) in [7, 11) is 0. The molecule has 2 aliphatic heterocycles. The molecule has 118 valence electrons. The average molecular weight is 301 g/mol. The zero-order chi connectivity index (χ0) is 15.4. The van der Waals surface area contributed by atoms with Gasteiger partial charge in [-0.05, 0) is 36.9 Å². The Morgan fingerprint density at radius 2 is 2.09 bits per heavy atom. The number of nitrogens with zero attached hydrogens (tertiary/aromatic N) is 1. The van der Waals surface area contributed by atoms with Gasteiger partial charge in [-0.15, -0.1) is 0 Å². The Bertz CT molecular complexity index is 553. The zero-order valence-corrected chi connectivity index (χ0v) is 12.8. The summed E-state index contributed by atoms with van der Waals surface area (Å²) in [6, 6.07) is 7.98. The molecular formula is C17H23N3O2. The number of carbonyl (C=O) groups is 2. The van der Waals surface area contributed by atoms with Crippen molar-refractivity contribution in [3.8, 4) is 0 Å². The molecule has 1 aromatic carbocycles. The smallest absolute Gasteiger partial charge is 0.237 e. The maximum atomic E-state index is 12.1. The molecule has 0 spiro atoms. The fourth-order valence-corrected chi connectivity index (χ4v) is 3.17. The summed E-state index contributed by atoms with van der Waals surface area (Å²) in [6.45, 7) is 2.93. The first kappa shape index (κ1) is 15.0. The van der Waals surface area contributed by atoms with E-state index in [9.17, 15) is 9.59 Å². The van der Waals surface area contributed by atoms with Crippen LogP contribution in [0.1, 0.15) is 36.8 Å². The van der Waals surface area contributed by atoms with Gasteiger partial charge in [0.05, 0.1) is 6.04 Å². The van der Waals surface area contributed by atoms with Gasteiger partial charge in [0.25, 0.3) is 0 Å². The Labute approximate surface area is 131 Å². The molecule has 0 radical (unpaired) electrons. The highest BCUT2D eigenvalue weighted by atomic mass is 16.2. The standard InChI is InChI=1S/C17H23N3O2/c21-16-8-4-10-20(16)12-14-6-2-1-5-13(14)11-19-17(22)15-7-3-9-18-15/h1-2,5-6,15,18H,3-4,7-12H2,(H,19,22). The molecule has 5 nitrogen and oxygen atoms in total. The maximum Gasteiger partial charge on any atom is 0.237 e. The predicted molar refractivity (Wildman–Crippen MR) is 84.0 cm³/mol. The molecule has 1 atom stereocenters. The third kappa shape index (κ3) is 3.47. The molecule has 0 saturated carbocycles. The number of hydrogen-bond donors (Lipinski definition) is 2. The molecule has 0 aromatic heterocycles. The van der Waals surface area contributed by atoms with Gasteiger partial charge in [0, 0.05) is 26.1 Å². The van der Waals surface area contributed by atoms with Crippen LogP contribution in [0.25, 0.3) is 0 Å². The van der Waals surface area contributed by atoms with E-state index in [1.165, 1.54) is 0 Å². The SMILES string of the molecule is O=C(NCc1ccccc1CN1CCCC1=O)C1CCCN1. The monoisotopic (exact) mass is 301 g/mol. The number of likely N-dealkylation sites (tertiary alicyclic amines) is 1. The lowest BCUT2D eigenvalue weighted by Crippen LogP contribution is -2.40. The van der Waals surface area contributed by atoms with Gasteiger partial charge < -0.3 is 15.5 Å². The number of rotatable bonds is 5. The van der Waals surface area contributed by atoms with Gasteiger partial charge >= 0.3 is 0 Å². The Balaban J connectivity index is 1.60. The Morgan fingerprint density at radius 3 is 2.77 bits per heavy atom. The molecule has 2 heterocycles. The van der Waals surface area contributed by atoms with E-state index in [0.717, 1.165) is 43.5 Å². The van der Waals surface area contributed by atoms with Crippen LogP contribution in [0.2, 0.25) is 0 Å². The van der Waals surface area contributed by atoms with E-state index < -0.39 is 0 Å². The average Bonchev–Trinajstić information content (AvgIpc) is 3.19. The predicted octanol–water partition coefficient (Wildman–Crippen LogP) is 1.18. The highest BCUT2D eigenvalue weighted by Crippen LogP contribution is 2.17. The van der Waals surface area contributed by atoms with Gasteiger partial charge in [0.1, 0.15) is 0 Å². The number of amides is 2. The normalized spacial score (nSPS) is 21.4. The minimum Gasteiger partial charge on any atom is -0.351 e. The summed E-state index contributed by atoms with van der Waals surface area (Å²) in [6.07, 6.45) is 3.58. The molecule has 22 heavy (non-hydrogen) atoms. The first-order valence-electron chi connectivity index (χ1n) is 8.10. The fraction of sp³-hybridized carbons (Fsp3) is 0.529. The van der Waals surface area contributed by atoms with E-state index in [-0.39, 0.29) is 17.9 Å². The quantitative estimate of drug-likeness (QED) is 0.858. The van der Waals surface area contributed by atoms with Crippen LogP contribution in [0, 0.1) is 0 Å². The molecule has 2 amide bonds. The van der Waals surface area contributed by atoms with Crippen molar-refractivity contribution in [2.45, 2.75) is 44.8 Å². The zero-order valence-electron chi connectivity index (χ0n) is 12.8. The lowest BCUT2D eigenvalue weighted by molar-refractivity contribution is -0.128. The summed E-state index contributed by atoms with van der Waals surface area (Å²) in [4.78, 5) is 25.8. The van der Waals surface area contributed by atoms with Gasteiger partial charge in [-0.1, -0.05) is 24.3 Å². The van der Waals surface area contributed by atoms with Gasteiger partial charge in [-0.25, -0.2) is 0 Å². The van der Waals surface area contributed by atoms with Crippen LogP contribution in [-0.4, -0.2) is 35.8 Å². The molecule has 2 aliphatic rings. The summed E-state index contributed by atoms with van der Waals surface area (Å²) in [5, 5.41) is 6.22. The van der Waals surface area contributed by atoms with Gasteiger partial charge in [0.15, 0.2) is 0 Å². The summed E-state index contributed by atoms with van der Waals surface area (Å²) in [5.74, 6) is 0.304. The van der Waals surface area contributed by atoms with Crippen molar-refractivity contribution < 1.29 is 9.59 Å². The molecule has 5 heteroatoms. The molecule has 0 bridgehead atoms. The Hall–Kier alpha value is -1.88. The summed E-state index contributed by atoms with van der Waals surface area (Å²) < 4.78 is 0. The Kier molecular flexibility index (Phi) is 4.73. The van der Waals surface area contributed by atoms with Crippen molar-refractivity contribution in [1.82, 2.24) is 15.5 Å². The molecule has 2 fully saturated rings. The van der Waals surface area contributed by atoms with Crippen LogP contribution in [0.3, 0.4) is 0 Å². The maximum absolute atomic E-state index is 12.1. The van der Waals surface area contributed by atoms with E-state index in [2.05, 4.69) is 10.6 Å². The summed E-state index contributed by atoms with van der Waals surface area (Å²) in [5.41, 5.74) is 2.21. The molecule has 0 aliphatic carbocycles. The van der Waals surface area contributed by atoms with Crippen molar-refractivity contribution in [3.05, 3.63) is 35.4 Å². The van der Waals surface area contributed by atoms with Crippen LogP contribution in [0.5, 0.6) is 0 Å². The van der Waals surface area contributed by atoms with Crippen molar-refractivity contribution in [2.75, 3.05) is 13.1 Å². The van der Waals surface area contributed by atoms with Crippen molar-refractivity contribution in [2.24, 2.45) is 0 Å². The lowest BCUT2D eigenvalue weighted by atomic mass is 10.1. The first-order chi connectivity index (χ1) is 10.7. The number of hydrogen-bond acceptors (Lipinski definition) is 3. The number of nitrogens with one attached hydrogen (secondary N) is 2. The van der Waals surface area contributed by atoms with Gasteiger partial charge in [-0.2, -0.15) is 0 Å². The third-order valence-electron chi connectivity index (χ3n) is 4.48. The van der Waals surface area contributed by atoms with Crippen LogP contribution >= 0.6 is 0 Å². The molecule has 2 N–H and O–H groups in total. The number of benzene rings is 1. The molecular weight excluding hydrogens is 278 g/mol. The fourth-order valence-electron chi connectivity index (χ4n) is 3.17. The molecule has 2 saturated heterocycles.